The summed E-state index contributed by atoms with van der Waals surface area (Å²) in [5, 5.41) is 18.8. The van der Waals surface area contributed by atoms with Crippen molar-refractivity contribution in [2.45, 2.75) is 57.5 Å². The van der Waals surface area contributed by atoms with Crippen LogP contribution in [-0.4, -0.2) is 136 Å². The summed E-state index contributed by atoms with van der Waals surface area (Å²) in [5.74, 6) is 3.53. The number of terminal acetylenes is 1. The second-order valence-electron chi connectivity index (χ2n) is 18.3. The van der Waals surface area contributed by atoms with Gasteiger partial charge in [-0.3, -0.25) is 39.2 Å². The molecule has 0 spiro atoms. The number of hydrogen-bond acceptors (Lipinski definition) is 16. The van der Waals surface area contributed by atoms with Gasteiger partial charge in [-0.25, -0.2) is 0 Å². The predicted molar refractivity (Wildman–Crippen MR) is 289 cm³/mol. The largest absolute Gasteiger partial charge is 0.495 e. The minimum absolute atomic E-state index is 0.125. The van der Waals surface area contributed by atoms with Crippen LogP contribution in [0.5, 0.6) is 34.5 Å². The number of imide groups is 1. The number of piperidine rings is 1. The quantitative estimate of drug-likeness (QED) is 0.0243. The molecule has 4 aromatic carbocycles. The second-order valence-corrected chi connectivity index (χ2v) is 19.1. The number of hydrogen-bond donors (Lipinski definition) is 3. The van der Waals surface area contributed by atoms with Crippen LogP contribution in [0.15, 0.2) is 71.0 Å². The number of nitrogens with zero attached hydrogens (tertiary/aromatic N) is 6. The van der Waals surface area contributed by atoms with Crippen molar-refractivity contribution in [3.05, 3.63) is 87.5 Å². The molecule has 3 aliphatic rings. The van der Waals surface area contributed by atoms with Gasteiger partial charge in [-0.05, 0) is 49.9 Å². The molecule has 5 aromatic rings. The number of unbranched alkanes of at least 4 members (excludes halogenated alkanes) is 2. The maximum atomic E-state index is 13.3. The van der Waals surface area contributed by atoms with Crippen LogP contribution in [0.1, 0.15) is 66.4 Å². The fourth-order valence-corrected chi connectivity index (χ4v) is 9.82. The summed E-state index contributed by atoms with van der Waals surface area (Å²) >= 11 is 12.8. The molecule has 22 heteroatoms. The van der Waals surface area contributed by atoms with Gasteiger partial charge < -0.3 is 48.9 Å². The van der Waals surface area contributed by atoms with Crippen LogP contribution in [0.25, 0.3) is 10.9 Å². The van der Waals surface area contributed by atoms with E-state index in [0.29, 0.717) is 123 Å². The molecule has 20 nitrogen and oxygen atoms in total. The zero-order chi connectivity index (χ0) is 54.6. The normalized spacial score (nSPS) is 15.5. The summed E-state index contributed by atoms with van der Waals surface area (Å²) in [6.45, 7) is 4.34. The molecule has 8 rings (SSSR count). The summed E-state index contributed by atoms with van der Waals surface area (Å²) in [6.07, 6.45) is 11.2. The van der Waals surface area contributed by atoms with Crippen molar-refractivity contribution < 1.29 is 52.4 Å². The highest BCUT2D eigenvalue weighted by atomic mass is 35.5. The van der Waals surface area contributed by atoms with Crippen LogP contribution in [0.2, 0.25) is 10.0 Å². The predicted octanol–water partition coefficient (Wildman–Crippen LogP) is 8.15. The Hall–Kier alpha value is -7.86. The number of piperazine rings is 1. The maximum absolute atomic E-state index is 13.3. The smallest absolute Gasteiger partial charge is 0.257 e. The van der Waals surface area contributed by atoms with Crippen LogP contribution in [0.3, 0.4) is 0 Å². The first kappa shape index (κ1) is 55.4. The summed E-state index contributed by atoms with van der Waals surface area (Å²) in [5.41, 5.74) is 4.15. The number of halogens is 2. The zero-order valence-electron chi connectivity index (χ0n) is 43.2. The lowest BCUT2D eigenvalue weighted by molar-refractivity contribution is -0.137. The molecule has 0 saturated carbocycles. The van der Waals surface area contributed by atoms with E-state index in [2.05, 4.69) is 42.0 Å². The van der Waals surface area contributed by atoms with Gasteiger partial charge in [-0.15, -0.1) is 6.42 Å². The van der Waals surface area contributed by atoms with E-state index >= 15 is 0 Å². The SMILES string of the molecule is C#Cc1cnc2cc(OCCCN3CCN(C(=O)CCCCCNC(=O)COc4c(OC)cc(N=Nc5cccc6c5CN(C5CCC(=O)NC5=O)C6=O)cc4OC)CC3)c(OC)cc2c1Nc1cc(OC)c(Cl)cc1Cl. The standard InChI is InChI=1S/C55H59Cl2N9O11/c1-6-33-30-59-41-28-46(45(73-3)26-36(41)52(33)60-42-29-44(72-2)39(57)27-38(42)56)76-23-11-18-64-19-21-65(22-20-64)51(69)14-8-7-9-17-58-50(68)32-77-53-47(74-4)24-34(25-48(53)75-5)62-63-40-13-10-12-35-37(40)31-66(55(35)71)43-15-16-49(67)61-54(43)70/h1,10,12-13,24-30,43H,7-9,11,14-23,31-32H2,2-5H3,(H,58,68)(H,59,60)(H,61,67,70). The van der Waals surface area contributed by atoms with Crippen LogP contribution in [-0.2, 0) is 25.7 Å². The summed E-state index contributed by atoms with van der Waals surface area (Å²) < 4.78 is 34.3. The number of ether oxygens (including phenoxy) is 6. The lowest BCUT2D eigenvalue weighted by atomic mass is 10.0. The molecule has 0 radical (unpaired) electrons. The molecular formula is C55H59Cl2N9O11. The lowest BCUT2D eigenvalue weighted by Crippen LogP contribution is -2.52. The molecular weight excluding hydrogens is 1030 g/mol. The Balaban J connectivity index is 0.723. The van der Waals surface area contributed by atoms with Crippen molar-refractivity contribution in [2.24, 2.45) is 10.2 Å². The van der Waals surface area contributed by atoms with Crippen LogP contribution in [0.4, 0.5) is 22.7 Å². The summed E-state index contributed by atoms with van der Waals surface area (Å²) in [4.78, 5) is 73.7. The highest BCUT2D eigenvalue weighted by Gasteiger charge is 2.40. The minimum atomic E-state index is -0.758. The van der Waals surface area contributed by atoms with Gasteiger partial charge in [0, 0.05) is 106 Å². The molecule has 77 heavy (non-hydrogen) atoms. The molecule has 2 fully saturated rings. The Kier molecular flexibility index (Phi) is 18.5. The third-order valence-corrected chi connectivity index (χ3v) is 14.0. The lowest BCUT2D eigenvalue weighted by Gasteiger charge is -2.34. The van der Waals surface area contributed by atoms with Crippen LogP contribution >= 0.6 is 23.2 Å². The maximum Gasteiger partial charge on any atom is 0.257 e. The number of anilines is 2. The number of pyridine rings is 1. The molecule has 3 aliphatic heterocycles. The third kappa shape index (κ3) is 13.2. The molecule has 1 aromatic heterocycles. The number of azo groups is 1. The number of carbonyl (C=O) groups excluding carboxylic acids is 5. The van der Waals surface area contributed by atoms with E-state index in [9.17, 15) is 24.0 Å². The van der Waals surface area contributed by atoms with E-state index in [1.807, 2.05) is 17.0 Å². The molecule has 1 atom stereocenters. The van der Waals surface area contributed by atoms with E-state index in [0.717, 1.165) is 32.5 Å². The van der Waals surface area contributed by atoms with Crippen LogP contribution in [0, 0.1) is 12.3 Å². The van der Waals surface area contributed by atoms with Gasteiger partial charge in [0.2, 0.25) is 23.5 Å². The number of aromatic nitrogens is 1. The van der Waals surface area contributed by atoms with E-state index in [4.69, 9.17) is 58.0 Å². The molecule has 3 N–H and O–H groups in total. The number of nitrogens with one attached hydrogen (secondary N) is 3. The number of fused-ring (bicyclic) bond motifs is 2. The first-order valence-electron chi connectivity index (χ1n) is 25.1. The van der Waals surface area contributed by atoms with E-state index in [1.165, 1.54) is 26.2 Å². The number of benzene rings is 4. The van der Waals surface area contributed by atoms with Crippen molar-refractivity contribution in [3.8, 4) is 46.8 Å². The molecule has 404 valence electrons. The Morgan fingerprint density at radius 2 is 1.60 bits per heavy atom. The van der Waals surface area contributed by atoms with Gasteiger partial charge in [0.1, 0.15) is 11.8 Å². The molecule has 2 saturated heterocycles. The van der Waals surface area contributed by atoms with Crippen molar-refractivity contribution in [3.63, 3.8) is 0 Å². The highest BCUT2D eigenvalue weighted by molar-refractivity contribution is 6.37. The number of carbonyl (C=O) groups is 5. The fraction of sp³-hybridized carbons (Fsp3) is 0.382. The van der Waals surface area contributed by atoms with Gasteiger partial charge in [-0.1, -0.05) is 41.6 Å². The van der Waals surface area contributed by atoms with Crippen molar-refractivity contribution in [2.75, 3.05) is 86.2 Å². The Morgan fingerprint density at radius 3 is 2.31 bits per heavy atom. The summed E-state index contributed by atoms with van der Waals surface area (Å²) in [6, 6.07) is 14.4. The van der Waals surface area contributed by atoms with Gasteiger partial charge in [0.25, 0.3) is 11.8 Å². The second kappa shape index (κ2) is 25.8. The topological polar surface area (TPSA) is 224 Å². The van der Waals surface area contributed by atoms with E-state index in [1.54, 1.807) is 55.8 Å². The van der Waals surface area contributed by atoms with Gasteiger partial charge >= 0.3 is 0 Å². The van der Waals surface area contributed by atoms with Crippen LogP contribution < -0.4 is 44.4 Å². The molecule has 0 bridgehead atoms. The van der Waals surface area contributed by atoms with Gasteiger partial charge in [0.05, 0.1) is 78.9 Å². The number of methoxy groups -OCH3 is 4. The molecule has 4 heterocycles. The average molecular weight is 1090 g/mol. The van der Waals surface area contributed by atoms with Crippen molar-refractivity contribution in [1.82, 2.24) is 30.3 Å². The Morgan fingerprint density at radius 1 is 0.844 bits per heavy atom. The number of rotatable bonds is 23. The average Bonchev–Trinajstić information content (AvgIpc) is 3.77. The van der Waals surface area contributed by atoms with Gasteiger partial charge in [0.15, 0.2) is 29.6 Å². The fourth-order valence-electron chi connectivity index (χ4n) is 9.32. The zero-order valence-corrected chi connectivity index (χ0v) is 44.7. The van der Waals surface area contributed by atoms with Crippen molar-refractivity contribution >= 4 is 86.4 Å². The number of amides is 5. The molecule has 0 aliphatic carbocycles. The van der Waals surface area contributed by atoms with E-state index < -0.39 is 11.9 Å². The van der Waals surface area contributed by atoms with Gasteiger partial charge in [-0.2, -0.15) is 10.2 Å². The Labute approximate surface area is 455 Å². The van der Waals surface area contributed by atoms with Crippen molar-refractivity contribution in [1.29, 1.82) is 0 Å². The third-order valence-electron chi connectivity index (χ3n) is 13.4. The molecule has 5 amide bonds. The first-order valence-corrected chi connectivity index (χ1v) is 25.8. The molecule has 1 unspecified atom stereocenters. The van der Waals surface area contributed by atoms with E-state index in [-0.39, 0.29) is 66.9 Å². The minimum Gasteiger partial charge on any atom is -0.495 e. The first-order chi connectivity index (χ1) is 37.3. The highest BCUT2D eigenvalue weighted by Crippen LogP contribution is 2.43. The summed E-state index contributed by atoms with van der Waals surface area (Å²) in [7, 11) is 5.99. The monoisotopic (exact) mass is 1090 g/mol. The Bertz CT molecular complexity index is 3100.